The summed E-state index contributed by atoms with van der Waals surface area (Å²) < 4.78 is 36.9. The molecule has 8 nitrogen and oxygen atoms in total. The summed E-state index contributed by atoms with van der Waals surface area (Å²) in [5.41, 5.74) is 0.587. The monoisotopic (exact) mass is 434 g/mol. The van der Waals surface area contributed by atoms with Gasteiger partial charge >= 0.3 is 5.97 Å². The van der Waals surface area contributed by atoms with Crippen molar-refractivity contribution in [2.45, 2.75) is 25.7 Å². The molecule has 0 unspecified atom stereocenters. The molecule has 0 atom stereocenters. The highest BCUT2D eigenvalue weighted by atomic mass is 32.2. The van der Waals surface area contributed by atoms with Gasteiger partial charge in [0.1, 0.15) is 5.75 Å². The zero-order chi connectivity index (χ0) is 22.1. The van der Waals surface area contributed by atoms with E-state index < -0.39 is 28.5 Å². The lowest BCUT2D eigenvalue weighted by Gasteiger charge is -2.18. The Balaban J connectivity index is 1.98. The number of nitrogens with zero attached hydrogens (tertiary/aromatic N) is 1. The molecule has 162 valence electrons. The van der Waals surface area contributed by atoms with Crippen molar-refractivity contribution >= 4 is 27.6 Å². The third-order valence-electron chi connectivity index (χ3n) is 4.20. The van der Waals surface area contributed by atoms with Gasteiger partial charge in [-0.2, -0.15) is 4.31 Å². The van der Waals surface area contributed by atoms with Gasteiger partial charge in [-0.05, 0) is 49.4 Å². The number of carbonyl (C=O) groups is 2. The third-order valence-corrected chi connectivity index (χ3v) is 6.24. The second-order valence-electron chi connectivity index (χ2n) is 6.20. The predicted molar refractivity (Wildman–Crippen MR) is 113 cm³/mol. The zero-order valence-electron chi connectivity index (χ0n) is 17.3. The van der Waals surface area contributed by atoms with E-state index in [9.17, 15) is 18.0 Å². The van der Waals surface area contributed by atoms with Crippen LogP contribution >= 0.6 is 0 Å². The van der Waals surface area contributed by atoms with Crippen molar-refractivity contribution in [3.8, 4) is 5.75 Å². The molecule has 2 rings (SSSR count). The fourth-order valence-electron chi connectivity index (χ4n) is 2.71. The Morgan fingerprint density at radius 3 is 2.27 bits per heavy atom. The van der Waals surface area contributed by atoms with Crippen LogP contribution in [0.25, 0.3) is 0 Å². The van der Waals surface area contributed by atoms with Gasteiger partial charge in [-0.1, -0.05) is 19.9 Å². The molecule has 2 aromatic rings. The molecule has 9 heteroatoms. The van der Waals surface area contributed by atoms with E-state index in [2.05, 4.69) is 5.32 Å². The summed E-state index contributed by atoms with van der Waals surface area (Å²) >= 11 is 0. The molecule has 0 saturated heterocycles. The second kappa shape index (κ2) is 10.7. The number of carbonyl (C=O) groups excluding carboxylic acids is 2. The Morgan fingerprint density at radius 1 is 1.00 bits per heavy atom. The fraction of sp³-hybridized carbons (Fsp3) is 0.333. The van der Waals surface area contributed by atoms with Gasteiger partial charge < -0.3 is 14.8 Å². The number of ether oxygens (including phenoxy) is 2. The van der Waals surface area contributed by atoms with Gasteiger partial charge in [0.05, 0.1) is 17.1 Å². The highest BCUT2D eigenvalue weighted by Crippen LogP contribution is 2.18. The summed E-state index contributed by atoms with van der Waals surface area (Å²) in [7, 11) is -3.70. The van der Waals surface area contributed by atoms with Crippen LogP contribution in [-0.2, 0) is 19.6 Å². The summed E-state index contributed by atoms with van der Waals surface area (Å²) in [6.07, 6.45) is 0. The van der Waals surface area contributed by atoms with Crippen LogP contribution in [0.2, 0.25) is 0 Å². The van der Waals surface area contributed by atoms with Crippen LogP contribution in [0.15, 0.2) is 53.4 Å². The molecule has 0 aromatic heterocycles. The minimum Gasteiger partial charge on any atom is -0.494 e. The van der Waals surface area contributed by atoms with E-state index >= 15 is 0 Å². The average molecular weight is 435 g/mol. The molecule has 0 fully saturated rings. The predicted octanol–water partition coefficient (Wildman–Crippen LogP) is 2.91. The van der Waals surface area contributed by atoms with Gasteiger partial charge in [-0.15, -0.1) is 0 Å². The van der Waals surface area contributed by atoms with E-state index in [0.29, 0.717) is 31.1 Å². The zero-order valence-corrected chi connectivity index (χ0v) is 18.1. The molecule has 1 amide bonds. The molecule has 0 radical (unpaired) electrons. The summed E-state index contributed by atoms with van der Waals surface area (Å²) in [6, 6.07) is 12.3. The van der Waals surface area contributed by atoms with Crippen molar-refractivity contribution in [2.75, 3.05) is 31.6 Å². The second-order valence-corrected chi connectivity index (χ2v) is 8.14. The minimum atomic E-state index is -3.70. The summed E-state index contributed by atoms with van der Waals surface area (Å²) in [5, 5.41) is 2.61. The Bertz CT molecular complexity index is 969. The number of esters is 1. The lowest BCUT2D eigenvalue weighted by atomic mass is 10.2. The van der Waals surface area contributed by atoms with E-state index in [4.69, 9.17) is 9.47 Å². The van der Waals surface area contributed by atoms with E-state index in [0.717, 1.165) is 0 Å². The number of anilines is 1. The molecule has 0 spiro atoms. The number of nitrogens with one attached hydrogen (secondary N) is 1. The van der Waals surface area contributed by atoms with Gasteiger partial charge in [-0.25, -0.2) is 13.2 Å². The van der Waals surface area contributed by atoms with Crippen LogP contribution in [-0.4, -0.2) is 50.9 Å². The maximum absolute atomic E-state index is 12.6. The van der Waals surface area contributed by atoms with Gasteiger partial charge in [-0.3, -0.25) is 4.79 Å². The quantitative estimate of drug-likeness (QED) is 0.577. The molecule has 2 aromatic carbocycles. The number of benzene rings is 2. The number of rotatable bonds is 10. The van der Waals surface area contributed by atoms with Crippen LogP contribution in [0.4, 0.5) is 5.69 Å². The molecule has 0 saturated carbocycles. The number of hydrogen-bond acceptors (Lipinski definition) is 6. The molecule has 0 bridgehead atoms. The molecular formula is C21H26N2O6S. The van der Waals surface area contributed by atoms with Crippen molar-refractivity contribution in [1.29, 1.82) is 0 Å². The maximum atomic E-state index is 12.6. The first kappa shape index (κ1) is 23.4. The molecule has 0 heterocycles. The summed E-state index contributed by atoms with van der Waals surface area (Å²) in [6.45, 7) is 6.03. The number of amides is 1. The minimum absolute atomic E-state index is 0.000473. The first-order chi connectivity index (χ1) is 14.3. The topological polar surface area (TPSA) is 102 Å². The lowest BCUT2D eigenvalue weighted by molar-refractivity contribution is -0.119. The molecule has 0 aliphatic heterocycles. The van der Waals surface area contributed by atoms with Gasteiger partial charge in [0.15, 0.2) is 6.61 Å². The van der Waals surface area contributed by atoms with E-state index in [1.165, 1.54) is 28.6 Å². The molecule has 0 aliphatic rings. The van der Waals surface area contributed by atoms with Crippen LogP contribution in [0.3, 0.4) is 0 Å². The Hall–Kier alpha value is -2.91. The highest BCUT2D eigenvalue weighted by Gasteiger charge is 2.23. The smallest absolute Gasteiger partial charge is 0.338 e. The molecule has 30 heavy (non-hydrogen) atoms. The lowest BCUT2D eigenvalue weighted by Crippen LogP contribution is -2.30. The Morgan fingerprint density at radius 2 is 1.67 bits per heavy atom. The first-order valence-corrected chi connectivity index (χ1v) is 11.1. The van der Waals surface area contributed by atoms with Crippen molar-refractivity contribution in [3.05, 3.63) is 54.1 Å². The van der Waals surface area contributed by atoms with E-state index in [1.807, 2.05) is 6.92 Å². The van der Waals surface area contributed by atoms with Crippen molar-refractivity contribution in [1.82, 2.24) is 4.31 Å². The number of hydrogen-bond donors (Lipinski definition) is 1. The van der Waals surface area contributed by atoms with Gasteiger partial charge in [0.2, 0.25) is 10.0 Å². The molecule has 0 aliphatic carbocycles. The standard InChI is InChI=1S/C21H26N2O6S/c1-4-23(5-2)30(26,27)19-9-7-8-16(14-19)21(25)29-15-20(24)22-17-10-12-18(13-11-17)28-6-3/h7-14H,4-6,15H2,1-3H3,(H,22,24). The van der Waals surface area contributed by atoms with Crippen LogP contribution < -0.4 is 10.1 Å². The largest absolute Gasteiger partial charge is 0.494 e. The maximum Gasteiger partial charge on any atom is 0.338 e. The average Bonchev–Trinajstić information content (AvgIpc) is 2.74. The summed E-state index contributed by atoms with van der Waals surface area (Å²) in [5.74, 6) is -0.616. The van der Waals surface area contributed by atoms with Crippen LogP contribution in [0, 0.1) is 0 Å². The van der Waals surface area contributed by atoms with Gasteiger partial charge in [0, 0.05) is 18.8 Å². The SMILES string of the molecule is CCOc1ccc(NC(=O)COC(=O)c2cccc(S(=O)(=O)N(CC)CC)c2)cc1. The normalized spacial score (nSPS) is 11.2. The molecular weight excluding hydrogens is 408 g/mol. The molecule has 1 N–H and O–H groups in total. The fourth-order valence-corrected chi connectivity index (χ4v) is 4.21. The number of sulfonamides is 1. The van der Waals surface area contributed by atoms with Crippen molar-refractivity contribution < 1.29 is 27.5 Å². The van der Waals surface area contributed by atoms with Crippen molar-refractivity contribution in [2.24, 2.45) is 0 Å². The van der Waals surface area contributed by atoms with Gasteiger partial charge in [0.25, 0.3) is 5.91 Å². The Kier molecular flexibility index (Phi) is 8.37. The first-order valence-electron chi connectivity index (χ1n) is 9.61. The summed E-state index contributed by atoms with van der Waals surface area (Å²) in [4.78, 5) is 24.3. The van der Waals surface area contributed by atoms with Crippen LogP contribution in [0.1, 0.15) is 31.1 Å². The van der Waals surface area contributed by atoms with Crippen molar-refractivity contribution in [3.63, 3.8) is 0 Å². The van der Waals surface area contributed by atoms with Crippen LogP contribution in [0.5, 0.6) is 5.75 Å². The van der Waals surface area contributed by atoms with E-state index in [-0.39, 0.29) is 10.5 Å². The highest BCUT2D eigenvalue weighted by molar-refractivity contribution is 7.89. The third kappa shape index (κ3) is 6.04. The van der Waals surface area contributed by atoms with E-state index in [1.54, 1.807) is 38.1 Å². The Labute approximate surface area is 176 Å².